The lowest BCUT2D eigenvalue weighted by atomic mass is 10.2. The Labute approximate surface area is 94.5 Å². The van der Waals surface area contributed by atoms with Crippen molar-refractivity contribution in [2.45, 2.75) is 6.54 Å². The summed E-state index contributed by atoms with van der Waals surface area (Å²) in [6.07, 6.45) is 0. The summed E-state index contributed by atoms with van der Waals surface area (Å²) < 4.78 is 1.03. The lowest BCUT2D eigenvalue weighted by molar-refractivity contribution is -0.137. The van der Waals surface area contributed by atoms with Gasteiger partial charge in [0, 0.05) is 5.39 Å². The molecule has 7 nitrogen and oxygen atoms in total. The molecule has 0 spiro atoms. The van der Waals surface area contributed by atoms with Gasteiger partial charge in [-0.2, -0.15) is 0 Å². The molecule has 0 aliphatic heterocycles. The molecule has 1 aromatic heterocycles. The molecule has 0 bridgehead atoms. The fourth-order valence-electron chi connectivity index (χ4n) is 1.66. The molecule has 0 saturated heterocycles. The molecule has 3 N–H and O–H groups in total. The normalized spacial score (nSPS) is 10.6. The number of carbonyl (C=O) groups is 1. The van der Waals surface area contributed by atoms with Crippen molar-refractivity contribution in [3.8, 4) is 11.6 Å². The number of nitrogens with zero attached hydrogens (tertiary/aromatic N) is 2. The Morgan fingerprint density at radius 3 is 2.65 bits per heavy atom. The maximum absolute atomic E-state index is 10.6. The summed E-state index contributed by atoms with van der Waals surface area (Å²) in [5.41, 5.74) is 0.398. The zero-order chi connectivity index (χ0) is 12.6. The van der Waals surface area contributed by atoms with Crippen LogP contribution in [0.2, 0.25) is 0 Å². The second kappa shape index (κ2) is 3.78. The highest BCUT2D eigenvalue weighted by Gasteiger charge is 2.17. The minimum absolute atomic E-state index is 0.0836. The molecule has 88 valence electrons. The third kappa shape index (κ3) is 1.67. The molecule has 0 amide bonds. The van der Waals surface area contributed by atoms with Gasteiger partial charge in [-0.15, -0.1) is 4.91 Å². The van der Waals surface area contributed by atoms with Gasteiger partial charge in [0.2, 0.25) is 5.88 Å². The van der Waals surface area contributed by atoms with Gasteiger partial charge in [-0.3, -0.25) is 9.36 Å². The first-order valence-electron chi connectivity index (χ1n) is 4.64. The van der Waals surface area contributed by atoms with E-state index in [1.165, 1.54) is 18.2 Å². The zero-order valence-corrected chi connectivity index (χ0v) is 8.49. The minimum atomic E-state index is -1.16. The number of aromatic hydroxyl groups is 2. The van der Waals surface area contributed by atoms with E-state index in [9.17, 15) is 19.9 Å². The molecule has 1 heterocycles. The smallest absolute Gasteiger partial charge is 0.323 e. The standard InChI is InChI=1S/C10H8N2O5/c13-8(14)4-12-7-2-1-5(11-17)3-6(7)9(15)10(12)16/h1-3,15-16H,4H2,(H,13,14). The van der Waals surface area contributed by atoms with Gasteiger partial charge in [0.05, 0.1) is 5.52 Å². The Morgan fingerprint density at radius 2 is 2.06 bits per heavy atom. The van der Waals surface area contributed by atoms with Crippen LogP contribution in [0.5, 0.6) is 11.6 Å². The molecule has 0 aliphatic carbocycles. The Bertz CT molecular complexity index is 617. The van der Waals surface area contributed by atoms with Gasteiger partial charge < -0.3 is 15.3 Å². The van der Waals surface area contributed by atoms with E-state index >= 15 is 0 Å². The van der Waals surface area contributed by atoms with Crippen LogP contribution in [0.25, 0.3) is 10.9 Å². The van der Waals surface area contributed by atoms with Crippen LogP contribution in [0.3, 0.4) is 0 Å². The first-order valence-corrected chi connectivity index (χ1v) is 4.64. The number of carboxylic acids is 1. The third-order valence-corrected chi connectivity index (χ3v) is 2.39. The molecule has 7 heteroatoms. The van der Waals surface area contributed by atoms with Crippen LogP contribution >= 0.6 is 0 Å². The highest BCUT2D eigenvalue weighted by molar-refractivity contribution is 5.92. The Morgan fingerprint density at radius 1 is 1.35 bits per heavy atom. The van der Waals surface area contributed by atoms with E-state index in [0.29, 0.717) is 5.52 Å². The number of aliphatic carboxylic acids is 1. The van der Waals surface area contributed by atoms with Gasteiger partial charge in [-0.25, -0.2) is 0 Å². The monoisotopic (exact) mass is 236 g/mol. The van der Waals surface area contributed by atoms with Crippen LogP contribution in [0.4, 0.5) is 5.69 Å². The van der Waals surface area contributed by atoms with Crippen molar-refractivity contribution < 1.29 is 20.1 Å². The number of rotatable bonds is 3. The Hall–Kier alpha value is -2.57. The number of fused-ring (bicyclic) bond motifs is 1. The topological polar surface area (TPSA) is 112 Å². The van der Waals surface area contributed by atoms with Gasteiger partial charge in [0.1, 0.15) is 12.2 Å². The summed E-state index contributed by atoms with van der Waals surface area (Å²) in [6.45, 7) is -0.489. The molecular weight excluding hydrogens is 228 g/mol. The lowest BCUT2D eigenvalue weighted by Gasteiger charge is -2.02. The Balaban J connectivity index is 2.72. The van der Waals surface area contributed by atoms with Crippen LogP contribution in [0.15, 0.2) is 23.4 Å². The summed E-state index contributed by atoms with van der Waals surface area (Å²) in [5.74, 6) is -2.17. The number of hydrogen-bond acceptors (Lipinski definition) is 5. The lowest BCUT2D eigenvalue weighted by Crippen LogP contribution is -2.07. The van der Waals surface area contributed by atoms with E-state index in [2.05, 4.69) is 5.18 Å². The first-order chi connectivity index (χ1) is 8.04. The maximum Gasteiger partial charge on any atom is 0.323 e. The molecule has 0 unspecified atom stereocenters. The number of nitroso groups, excluding NO2 is 1. The quantitative estimate of drug-likeness (QED) is 0.699. The highest BCUT2D eigenvalue weighted by Crippen LogP contribution is 2.38. The first kappa shape index (κ1) is 10.9. The fourth-order valence-corrected chi connectivity index (χ4v) is 1.66. The molecule has 0 fully saturated rings. The summed E-state index contributed by atoms with van der Waals surface area (Å²) >= 11 is 0. The highest BCUT2D eigenvalue weighted by atomic mass is 16.4. The summed E-state index contributed by atoms with van der Waals surface area (Å²) in [5, 5.41) is 30.7. The molecule has 0 atom stereocenters. The van der Waals surface area contributed by atoms with Gasteiger partial charge in [-0.05, 0) is 23.4 Å². The van der Waals surface area contributed by atoms with E-state index < -0.39 is 24.1 Å². The van der Waals surface area contributed by atoms with Crippen LogP contribution in [-0.2, 0) is 11.3 Å². The number of benzene rings is 1. The molecule has 17 heavy (non-hydrogen) atoms. The molecule has 0 aliphatic rings. The number of hydrogen-bond donors (Lipinski definition) is 3. The van der Waals surface area contributed by atoms with Crippen LogP contribution in [-0.4, -0.2) is 25.9 Å². The third-order valence-electron chi connectivity index (χ3n) is 2.39. The second-order valence-corrected chi connectivity index (χ2v) is 3.44. The van der Waals surface area contributed by atoms with Crippen LogP contribution in [0, 0.1) is 4.91 Å². The number of aromatic nitrogens is 1. The molecule has 0 radical (unpaired) electrons. The van der Waals surface area contributed by atoms with Crippen LogP contribution in [0.1, 0.15) is 0 Å². The average molecular weight is 236 g/mol. The summed E-state index contributed by atoms with van der Waals surface area (Å²) in [6, 6.07) is 4.05. The van der Waals surface area contributed by atoms with Crippen molar-refractivity contribution in [1.82, 2.24) is 4.57 Å². The van der Waals surface area contributed by atoms with E-state index in [-0.39, 0.29) is 11.1 Å². The van der Waals surface area contributed by atoms with Gasteiger partial charge in [0.15, 0.2) is 5.75 Å². The number of carboxylic acid groups (broad SMARTS) is 1. The van der Waals surface area contributed by atoms with Crippen molar-refractivity contribution >= 4 is 22.6 Å². The van der Waals surface area contributed by atoms with Crippen molar-refractivity contribution in [3.63, 3.8) is 0 Å². The molecular formula is C10H8N2O5. The van der Waals surface area contributed by atoms with Crippen molar-refractivity contribution in [1.29, 1.82) is 0 Å². The molecule has 2 rings (SSSR count). The van der Waals surface area contributed by atoms with E-state index in [0.717, 1.165) is 4.57 Å². The zero-order valence-electron chi connectivity index (χ0n) is 8.49. The van der Waals surface area contributed by atoms with Crippen LogP contribution < -0.4 is 0 Å². The van der Waals surface area contributed by atoms with Gasteiger partial charge in [-0.1, -0.05) is 0 Å². The van der Waals surface area contributed by atoms with E-state index in [1.807, 2.05) is 0 Å². The van der Waals surface area contributed by atoms with Crippen molar-refractivity contribution in [2.24, 2.45) is 5.18 Å². The SMILES string of the molecule is O=Nc1ccc2c(c1)c(O)c(O)n2CC(=O)O. The molecule has 0 saturated carbocycles. The van der Waals surface area contributed by atoms with Crippen molar-refractivity contribution in [3.05, 3.63) is 23.1 Å². The van der Waals surface area contributed by atoms with E-state index in [4.69, 9.17) is 5.11 Å². The Kier molecular flexibility index (Phi) is 2.43. The predicted octanol–water partition coefficient (Wildman–Crippen LogP) is 1.53. The van der Waals surface area contributed by atoms with Crippen molar-refractivity contribution in [2.75, 3.05) is 0 Å². The minimum Gasteiger partial charge on any atom is -0.503 e. The van der Waals surface area contributed by atoms with Gasteiger partial charge >= 0.3 is 5.97 Å². The van der Waals surface area contributed by atoms with Gasteiger partial charge in [0.25, 0.3) is 0 Å². The largest absolute Gasteiger partial charge is 0.503 e. The average Bonchev–Trinajstić information content (AvgIpc) is 2.54. The summed E-state index contributed by atoms with van der Waals surface area (Å²) in [4.78, 5) is 21.0. The molecule has 2 aromatic rings. The fraction of sp³-hybridized carbons (Fsp3) is 0.100. The summed E-state index contributed by atoms with van der Waals surface area (Å²) in [7, 11) is 0. The maximum atomic E-state index is 10.6. The second-order valence-electron chi connectivity index (χ2n) is 3.44. The molecule has 1 aromatic carbocycles. The van der Waals surface area contributed by atoms with E-state index in [1.54, 1.807) is 0 Å². The predicted molar refractivity (Wildman–Crippen MR) is 58.4 cm³/mol.